The van der Waals surface area contributed by atoms with E-state index in [1.54, 1.807) is 19.1 Å². The minimum absolute atomic E-state index is 0.0804. The predicted octanol–water partition coefficient (Wildman–Crippen LogP) is 2.67. The van der Waals surface area contributed by atoms with E-state index in [4.69, 9.17) is 19.0 Å². The molecule has 30 heavy (non-hydrogen) atoms. The van der Waals surface area contributed by atoms with Crippen molar-refractivity contribution in [2.75, 3.05) is 20.8 Å². The molecule has 0 atom stereocenters. The van der Waals surface area contributed by atoms with Crippen LogP contribution in [0.25, 0.3) is 11.0 Å². The van der Waals surface area contributed by atoms with Crippen molar-refractivity contribution < 1.29 is 28.6 Å². The van der Waals surface area contributed by atoms with E-state index in [2.05, 4.69) is 5.32 Å². The molecular weight excluding hydrogens is 390 g/mol. The third kappa shape index (κ3) is 4.42. The van der Waals surface area contributed by atoms with Crippen molar-refractivity contribution in [2.24, 2.45) is 11.8 Å². The van der Waals surface area contributed by atoms with Gasteiger partial charge in [0.05, 0.1) is 32.1 Å². The summed E-state index contributed by atoms with van der Waals surface area (Å²) in [7, 11) is 2.97. The molecule has 3 rings (SSSR count). The van der Waals surface area contributed by atoms with Crippen LogP contribution in [0.1, 0.15) is 36.8 Å². The molecule has 1 aromatic carbocycles. The van der Waals surface area contributed by atoms with Crippen LogP contribution < -0.4 is 20.4 Å². The molecule has 0 bridgehead atoms. The van der Waals surface area contributed by atoms with E-state index in [-0.39, 0.29) is 24.2 Å². The summed E-state index contributed by atoms with van der Waals surface area (Å²) in [6, 6.07) is 3.50. The molecule has 2 N–H and O–H groups in total. The Balaban J connectivity index is 1.70. The van der Waals surface area contributed by atoms with E-state index in [9.17, 15) is 14.4 Å². The number of benzene rings is 1. The maximum absolute atomic E-state index is 12.6. The minimum Gasteiger partial charge on any atom is -0.493 e. The second-order valence-corrected chi connectivity index (χ2v) is 7.71. The number of carboxylic acids is 1. The number of methoxy groups -OCH3 is 2. The lowest BCUT2D eigenvalue weighted by molar-refractivity contribution is -0.143. The third-order valence-electron chi connectivity index (χ3n) is 5.92. The summed E-state index contributed by atoms with van der Waals surface area (Å²) in [5.74, 6) is -0.234. The van der Waals surface area contributed by atoms with Crippen molar-refractivity contribution in [3.8, 4) is 11.5 Å². The first kappa shape index (κ1) is 21.7. The van der Waals surface area contributed by atoms with Crippen LogP contribution in [0.15, 0.2) is 21.3 Å². The Morgan fingerprint density at radius 2 is 1.87 bits per heavy atom. The Morgan fingerprint density at radius 1 is 1.17 bits per heavy atom. The number of ether oxygens (including phenoxy) is 2. The van der Waals surface area contributed by atoms with Gasteiger partial charge in [-0.15, -0.1) is 0 Å². The fraction of sp³-hybridized carbons (Fsp3) is 0.500. The zero-order chi connectivity index (χ0) is 21.8. The highest BCUT2D eigenvalue weighted by atomic mass is 16.5. The Morgan fingerprint density at radius 3 is 2.47 bits per heavy atom. The zero-order valence-electron chi connectivity index (χ0n) is 17.4. The molecule has 8 nitrogen and oxygen atoms in total. The largest absolute Gasteiger partial charge is 0.493 e. The van der Waals surface area contributed by atoms with E-state index in [0.29, 0.717) is 53.0 Å². The second kappa shape index (κ2) is 9.19. The van der Waals surface area contributed by atoms with Crippen molar-refractivity contribution >= 4 is 22.8 Å². The monoisotopic (exact) mass is 417 g/mol. The van der Waals surface area contributed by atoms with Gasteiger partial charge in [0.15, 0.2) is 11.3 Å². The first-order valence-electron chi connectivity index (χ1n) is 10.0. The summed E-state index contributed by atoms with van der Waals surface area (Å²) in [6.45, 7) is 2.26. The smallest absolute Gasteiger partial charge is 0.340 e. The van der Waals surface area contributed by atoms with Crippen LogP contribution in [0.5, 0.6) is 11.5 Å². The third-order valence-corrected chi connectivity index (χ3v) is 5.92. The number of amides is 1. The highest BCUT2D eigenvalue weighted by Crippen LogP contribution is 2.36. The molecule has 0 saturated heterocycles. The summed E-state index contributed by atoms with van der Waals surface area (Å²) < 4.78 is 16.1. The lowest BCUT2D eigenvalue weighted by Crippen LogP contribution is -2.34. The van der Waals surface area contributed by atoms with Gasteiger partial charge < -0.3 is 24.3 Å². The van der Waals surface area contributed by atoms with Crippen molar-refractivity contribution in [2.45, 2.75) is 39.0 Å². The Labute approximate surface area is 174 Å². The van der Waals surface area contributed by atoms with Crippen LogP contribution in [0.2, 0.25) is 0 Å². The van der Waals surface area contributed by atoms with Gasteiger partial charge in [-0.2, -0.15) is 0 Å². The van der Waals surface area contributed by atoms with Gasteiger partial charge in [0.1, 0.15) is 0 Å². The quantitative estimate of drug-likeness (QED) is 0.666. The summed E-state index contributed by atoms with van der Waals surface area (Å²) in [4.78, 5) is 36.1. The van der Waals surface area contributed by atoms with Crippen LogP contribution in [-0.4, -0.2) is 37.7 Å². The Bertz CT molecular complexity index is 1000. The molecule has 0 aliphatic heterocycles. The van der Waals surface area contributed by atoms with Gasteiger partial charge in [-0.3, -0.25) is 9.59 Å². The molecule has 0 radical (unpaired) electrons. The Hall–Kier alpha value is -3.03. The van der Waals surface area contributed by atoms with Crippen molar-refractivity contribution in [1.82, 2.24) is 5.32 Å². The van der Waals surface area contributed by atoms with Gasteiger partial charge in [-0.1, -0.05) is 0 Å². The maximum Gasteiger partial charge on any atom is 0.340 e. The molecule has 1 aromatic heterocycles. The molecule has 1 fully saturated rings. The lowest BCUT2D eigenvalue weighted by atomic mass is 9.82. The second-order valence-electron chi connectivity index (χ2n) is 7.71. The number of aryl methyl sites for hydroxylation is 1. The van der Waals surface area contributed by atoms with Gasteiger partial charge in [-0.25, -0.2) is 4.79 Å². The predicted molar refractivity (Wildman–Crippen MR) is 110 cm³/mol. The van der Waals surface area contributed by atoms with Gasteiger partial charge in [-0.05, 0) is 56.2 Å². The standard InChI is InChI=1S/C22H27NO7/c1-12-15-8-9-17(28-2)20(29-3)19(15)30-22(27)16(12)10-18(24)23-11-13-4-6-14(7-5-13)21(25)26/h8-9,13-14H,4-7,10-11H2,1-3H3,(H,23,24)(H,25,26). The topological polar surface area (TPSA) is 115 Å². The molecule has 162 valence electrons. The summed E-state index contributed by atoms with van der Waals surface area (Å²) in [5.41, 5.74) is 0.684. The fourth-order valence-corrected chi connectivity index (χ4v) is 4.06. The minimum atomic E-state index is -0.745. The molecule has 1 aliphatic rings. The Kier molecular flexibility index (Phi) is 6.64. The number of rotatable bonds is 7. The maximum atomic E-state index is 12.6. The van der Waals surface area contributed by atoms with Crippen LogP contribution in [0.3, 0.4) is 0 Å². The summed E-state index contributed by atoms with van der Waals surface area (Å²) in [6.07, 6.45) is 2.73. The average molecular weight is 417 g/mol. The van der Waals surface area contributed by atoms with Gasteiger partial charge in [0.2, 0.25) is 11.7 Å². The first-order valence-corrected chi connectivity index (χ1v) is 10.0. The first-order chi connectivity index (χ1) is 14.3. The highest BCUT2D eigenvalue weighted by molar-refractivity contribution is 5.89. The number of carbonyl (C=O) groups excluding carboxylic acids is 1. The van der Waals surface area contributed by atoms with Crippen LogP contribution in [0, 0.1) is 18.8 Å². The van der Waals surface area contributed by atoms with Crippen LogP contribution in [-0.2, 0) is 16.0 Å². The van der Waals surface area contributed by atoms with Gasteiger partial charge in [0.25, 0.3) is 0 Å². The molecule has 1 saturated carbocycles. The number of carboxylic acid groups (broad SMARTS) is 1. The molecule has 0 unspecified atom stereocenters. The van der Waals surface area contributed by atoms with Crippen molar-refractivity contribution in [3.05, 3.63) is 33.7 Å². The lowest BCUT2D eigenvalue weighted by Gasteiger charge is -2.26. The molecule has 1 aliphatic carbocycles. The number of aliphatic carboxylic acids is 1. The van der Waals surface area contributed by atoms with Crippen molar-refractivity contribution in [1.29, 1.82) is 0 Å². The zero-order valence-corrected chi connectivity index (χ0v) is 17.4. The highest BCUT2D eigenvalue weighted by Gasteiger charge is 2.26. The van der Waals surface area contributed by atoms with E-state index in [0.717, 1.165) is 12.8 Å². The molecular formula is C22H27NO7. The molecule has 1 heterocycles. The molecule has 0 spiro atoms. The molecule has 2 aromatic rings. The fourth-order valence-electron chi connectivity index (χ4n) is 4.06. The molecule has 8 heteroatoms. The summed E-state index contributed by atoms with van der Waals surface area (Å²) >= 11 is 0. The van der Waals surface area contributed by atoms with Crippen LogP contribution in [0.4, 0.5) is 0 Å². The number of carbonyl (C=O) groups is 2. The van der Waals surface area contributed by atoms with Gasteiger partial charge >= 0.3 is 11.6 Å². The van der Waals surface area contributed by atoms with Crippen LogP contribution >= 0.6 is 0 Å². The van der Waals surface area contributed by atoms with E-state index < -0.39 is 11.6 Å². The number of hydrogen-bond donors (Lipinski definition) is 2. The van der Waals surface area contributed by atoms with E-state index in [1.165, 1.54) is 14.2 Å². The normalized spacial score (nSPS) is 18.8. The summed E-state index contributed by atoms with van der Waals surface area (Å²) in [5, 5.41) is 12.6. The van der Waals surface area contributed by atoms with Gasteiger partial charge in [0, 0.05) is 11.9 Å². The van der Waals surface area contributed by atoms with E-state index >= 15 is 0 Å². The number of fused-ring (bicyclic) bond motifs is 1. The number of hydrogen-bond acceptors (Lipinski definition) is 6. The SMILES string of the molecule is COc1ccc2c(C)c(CC(=O)NCC3CCC(C(=O)O)CC3)c(=O)oc2c1OC. The van der Waals surface area contributed by atoms with E-state index in [1.807, 2.05) is 0 Å². The number of nitrogens with one attached hydrogen (secondary N) is 1. The average Bonchev–Trinajstić information content (AvgIpc) is 2.74. The van der Waals surface area contributed by atoms with Crippen molar-refractivity contribution in [3.63, 3.8) is 0 Å². The molecule has 1 amide bonds.